The lowest BCUT2D eigenvalue weighted by Crippen LogP contribution is -2.55. The number of aliphatic carboxylic acids is 1. The standard InChI is InChI=1S/C32H35N3O7/c1-35(18-21-10-4-3-5-11-21)19-28(30(37)33-27(31(38)39)16-17-29(36)41-2)34-32(40)42-20-26-24-14-8-6-12-22(24)23-13-7-9-15-25(23)26/h3-15,26-28H,16-20H2,1-2H3,(H,33,37)(H,34,40)(H,38,39). The zero-order valence-electron chi connectivity index (χ0n) is 23.6. The third-order valence-corrected chi connectivity index (χ3v) is 7.22. The maximum atomic E-state index is 13.3. The van der Waals surface area contributed by atoms with Crippen LogP contribution in [0.3, 0.4) is 0 Å². The molecule has 0 bridgehead atoms. The summed E-state index contributed by atoms with van der Waals surface area (Å²) in [5.74, 6) is -2.76. The monoisotopic (exact) mass is 573 g/mol. The lowest BCUT2D eigenvalue weighted by molar-refractivity contribution is -0.144. The summed E-state index contributed by atoms with van der Waals surface area (Å²) in [5, 5.41) is 14.7. The first-order valence-corrected chi connectivity index (χ1v) is 13.7. The maximum absolute atomic E-state index is 13.3. The van der Waals surface area contributed by atoms with Crippen LogP contribution >= 0.6 is 0 Å². The Morgan fingerprint density at radius 2 is 1.45 bits per heavy atom. The molecule has 0 fully saturated rings. The van der Waals surface area contributed by atoms with Gasteiger partial charge in [0.15, 0.2) is 0 Å². The van der Waals surface area contributed by atoms with Crippen molar-refractivity contribution in [3.05, 3.63) is 95.6 Å². The molecule has 3 aromatic rings. The minimum Gasteiger partial charge on any atom is -0.480 e. The fourth-order valence-electron chi connectivity index (χ4n) is 5.14. The summed E-state index contributed by atoms with van der Waals surface area (Å²) in [6.45, 7) is 0.626. The van der Waals surface area contributed by atoms with Crippen LogP contribution < -0.4 is 10.6 Å². The Morgan fingerprint density at radius 3 is 2.05 bits per heavy atom. The van der Waals surface area contributed by atoms with E-state index in [4.69, 9.17) is 4.74 Å². The van der Waals surface area contributed by atoms with Crippen molar-refractivity contribution in [1.29, 1.82) is 0 Å². The van der Waals surface area contributed by atoms with E-state index in [1.807, 2.05) is 83.8 Å². The highest BCUT2D eigenvalue weighted by atomic mass is 16.5. The van der Waals surface area contributed by atoms with Crippen LogP contribution in [0, 0.1) is 0 Å². The van der Waals surface area contributed by atoms with Gasteiger partial charge in [-0.1, -0.05) is 78.9 Å². The molecule has 0 aliphatic heterocycles. The molecule has 2 unspecified atom stereocenters. The molecule has 4 rings (SSSR count). The van der Waals surface area contributed by atoms with E-state index >= 15 is 0 Å². The fourth-order valence-corrected chi connectivity index (χ4v) is 5.14. The number of nitrogens with zero attached hydrogens (tertiary/aromatic N) is 1. The normalized spacial score (nSPS) is 13.4. The van der Waals surface area contributed by atoms with Crippen molar-refractivity contribution in [3.63, 3.8) is 0 Å². The molecule has 10 nitrogen and oxygen atoms in total. The Kier molecular flexibility index (Phi) is 10.3. The van der Waals surface area contributed by atoms with Gasteiger partial charge in [0.05, 0.1) is 7.11 Å². The van der Waals surface area contributed by atoms with Gasteiger partial charge < -0.3 is 25.2 Å². The van der Waals surface area contributed by atoms with E-state index < -0.39 is 36.0 Å². The predicted molar refractivity (Wildman–Crippen MR) is 156 cm³/mol. The number of likely N-dealkylation sites (N-methyl/N-ethyl adjacent to an activating group) is 1. The number of hydrogen-bond donors (Lipinski definition) is 3. The van der Waals surface area contributed by atoms with Gasteiger partial charge in [-0.15, -0.1) is 0 Å². The number of fused-ring (bicyclic) bond motifs is 3. The van der Waals surface area contributed by atoms with Crippen molar-refractivity contribution in [2.24, 2.45) is 0 Å². The maximum Gasteiger partial charge on any atom is 0.407 e. The second kappa shape index (κ2) is 14.3. The van der Waals surface area contributed by atoms with Crippen molar-refractivity contribution in [2.45, 2.75) is 37.4 Å². The summed E-state index contributed by atoms with van der Waals surface area (Å²) in [6, 6.07) is 23.0. The lowest BCUT2D eigenvalue weighted by atomic mass is 9.98. The number of benzene rings is 3. The lowest BCUT2D eigenvalue weighted by Gasteiger charge is -2.26. The molecule has 3 N–H and O–H groups in total. The molecule has 0 aromatic heterocycles. The summed E-state index contributed by atoms with van der Waals surface area (Å²) < 4.78 is 10.2. The predicted octanol–water partition coefficient (Wildman–Crippen LogP) is 3.55. The van der Waals surface area contributed by atoms with Crippen molar-refractivity contribution < 1.29 is 33.8 Å². The van der Waals surface area contributed by atoms with Crippen molar-refractivity contribution >= 4 is 23.9 Å². The first kappa shape index (κ1) is 30.3. The summed E-state index contributed by atoms with van der Waals surface area (Å²) in [5.41, 5.74) is 5.29. The molecule has 1 aliphatic rings. The Bertz CT molecular complexity index is 1370. The quantitative estimate of drug-likeness (QED) is 0.265. The van der Waals surface area contributed by atoms with Gasteiger partial charge in [-0.3, -0.25) is 14.5 Å². The molecule has 0 saturated heterocycles. The number of hydrogen-bond acceptors (Lipinski definition) is 7. The van der Waals surface area contributed by atoms with Crippen LogP contribution in [-0.4, -0.2) is 73.3 Å². The van der Waals surface area contributed by atoms with E-state index in [1.165, 1.54) is 7.11 Å². The fraction of sp³-hybridized carbons (Fsp3) is 0.312. The summed E-state index contributed by atoms with van der Waals surface area (Å²) in [4.78, 5) is 51.5. The van der Waals surface area contributed by atoms with Gasteiger partial charge in [-0.2, -0.15) is 0 Å². The van der Waals surface area contributed by atoms with Gasteiger partial charge in [0.2, 0.25) is 5.91 Å². The molecule has 220 valence electrons. The van der Waals surface area contributed by atoms with Crippen molar-refractivity contribution in [3.8, 4) is 11.1 Å². The number of methoxy groups -OCH3 is 1. The topological polar surface area (TPSA) is 134 Å². The average molecular weight is 574 g/mol. The Morgan fingerprint density at radius 1 is 0.857 bits per heavy atom. The largest absolute Gasteiger partial charge is 0.480 e. The van der Waals surface area contributed by atoms with Crippen LogP contribution in [0.5, 0.6) is 0 Å². The minimum atomic E-state index is -1.34. The van der Waals surface area contributed by atoms with Crippen LogP contribution in [0.2, 0.25) is 0 Å². The van der Waals surface area contributed by atoms with Gasteiger partial charge in [-0.25, -0.2) is 9.59 Å². The number of nitrogens with one attached hydrogen (secondary N) is 2. The van der Waals surface area contributed by atoms with Crippen LogP contribution in [0.15, 0.2) is 78.9 Å². The third-order valence-electron chi connectivity index (χ3n) is 7.22. The van der Waals surface area contributed by atoms with E-state index in [2.05, 4.69) is 15.4 Å². The Hall–Kier alpha value is -4.70. The number of esters is 1. The number of rotatable bonds is 13. The molecular formula is C32H35N3O7. The number of carbonyl (C=O) groups excluding carboxylic acids is 3. The zero-order valence-corrected chi connectivity index (χ0v) is 23.6. The van der Waals surface area contributed by atoms with E-state index in [0.717, 1.165) is 27.8 Å². The second-order valence-electron chi connectivity index (χ2n) is 10.2. The number of amides is 2. The molecule has 0 heterocycles. The minimum absolute atomic E-state index is 0.0605. The van der Waals surface area contributed by atoms with Crippen LogP contribution in [0.1, 0.15) is 35.4 Å². The number of carboxylic acid groups (broad SMARTS) is 1. The van der Waals surface area contributed by atoms with Gasteiger partial charge in [0.25, 0.3) is 0 Å². The highest BCUT2D eigenvalue weighted by molar-refractivity contribution is 5.89. The van der Waals surface area contributed by atoms with Crippen LogP contribution in [0.4, 0.5) is 4.79 Å². The molecule has 2 amide bonds. The highest BCUT2D eigenvalue weighted by Crippen LogP contribution is 2.44. The molecule has 10 heteroatoms. The SMILES string of the molecule is COC(=O)CCC(NC(=O)C(CN(C)Cc1ccccc1)NC(=O)OCC1c2ccccc2-c2ccccc21)C(=O)O. The summed E-state index contributed by atoms with van der Waals surface area (Å²) >= 11 is 0. The molecule has 2 atom stereocenters. The second-order valence-corrected chi connectivity index (χ2v) is 10.2. The van der Waals surface area contributed by atoms with Crippen LogP contribution in [-0.2, 0) is 30.4 Å². The highest BCUT2D eigenvalue weighted by Gasteiger charge is 2.31. The molecule has 0 radical (unpaired) electrons. The molecule has 0 saturated carbocycles. The number of alkyl carbamates (subject to hydrolysis) is 1. The Labute approximate surface area is 244 Å². The summed E-state index contributed by atoms with van der Waals surface area (Å²) in [6.07, 6.45) is -1.15. The number of carboxylic acids is 1. The van der Waals surface area contributed by atoms with E-state index in [-0.39, 0.29) is 31.9 Å². The van der Waals surface area contributed by atoms with Crippen molar-refractivity contribution in [1.82, 2.24) is 15.5 Å². The van der Waals surface area contributed by atoms with Gasteiger partial charge in [0.1, 0.15) is 18.7 Å². The molecule has 42 heavy (non-hydrogen) atoms. The van der Waals surface area contributed by atoms with Gasteiger partial charge in [-0.05, 0) is 41.3 Å². The molecule has 0 spiro atoms. The van der Waals surface area contributed by atoms with Crippen LogP contribution in [0.25, 0.3) is 11.1 Å². The van der Waals surface area contributed by atoms with E-state index in [1.54, 1.807) is 7.05 Å². The molecule has 3 aromatic carbocycles. The Balaban J connectivity index is 1.45. The van der Waals surface area contributed by atoms with Gasteiger partial charge >= 0.3 is 18.0 Å². The number of ether oxygens (including phenoxy) is 2. The van der Waals surface area contributed by atoms with E-state index in [9.17, 15) is 24.3 Å². The zero-order chi connectivity index (χ0) is 30.1. The average Bonchev–Trinajstić information content (AvgIpc) is 3.31. The smallest absolute Gasteiger partial charge is 0.407 e. The first-order valence-electron chi connectivity index (χ1n) is 13.7. The molecular weight excluding hydrogens is 538 g/mol. The number of carbonyl (C=O) groups is 4. The first-order chi connectivity index (χ1) is 20.3. The van der Waals surface area contributed by atoms with Gasteiger partial charge in [0, 0.05) is 25.4 Å². The third kappa shape index (κ3) is 7.73. The summed E-state index contributed by atoms with van der Waals surface area (Å²) in [7, 11) is 2.99. The van der Waals surface area contributed by atoms with Crippen molar-refractivity contribution in [2.75, 3.05) is 27.3 Å². The van der Waals surface area contributed by atoms with E-state index in [0.29, 0.717) is 6.54 Å². The molecule has 1 aliphatic carbocycles.